The van der Waals surface area contributed by atoms with Crippen molar-refractivity contribution in [1.82, 2.24) is 0 Å². The van der Waals surface area contributed by atoms with Crippen LogP contribution in [-0.2, 0) is 20.7 Å². The standard InChI is InChI=1S/C18H21NO3S/c1-3-10-23-11-9-22-18(21)15-12-17(20)19(13-15)16-8-6-5-7-14(16)4-2/h1,5-8,15H,4,9-13H2,2H3. The van der Waals surface area contributed by atoms with Crippen molar-refractivity contribution < 1.29 is 14.3 Å². The molecule has 2 rings (SSSR count). The van der Waals surface area contributed by atoms with Crippen LogP contribution in [0.15, 0.2) is 24.3 Å². The van der Waals surface area contributed by atoms with E-state index in [9.17, 15) is 9.59 Å². The molecule has 122 valence electrons. The summed E-state index contributed by atoms with van der Waals surface area (Å²) in [4.78, 5) is 26.1. The molecule has 1 aliphatic heterocycles. The average Bonchev–Trinajstić information content (AvgIpc) is 2.96. The number of hydrogen-bond acceptors (Lipinski definition) is 4. The summed E-state index contributed by atoms with van der Waals surface area (Å²) in [5.74, 6) is 3.12. The maximum atomic E-state index is 12.3. The molecule has 0 aliphatic carbocycles. The summed E-state index contributed by atoms with van der Waals surface area (Å²) in [5.41, 5.74) is 2.01. The third kappa shape index (κ3) is 4.52. The molecule has 1 fully saturated rings. The van der Waals surface area contributed by atoms with Gasteiger partial charge in [0, 0.05) is 24.4 Å². The van der Waals surface area contributed by atoms with E-state index in [-0.39, 0.29) is 24.2 Å². The molecule has 1 aromatic carbocycles. The molecule has 23 heavy (non-hydrogen) atoms. The Kier molecular flexibility index (Phi) is 6.54. The zero-order valence-electron chi connectivity index (χ0n) is 13.3. The minimum Gasteiger partial charge on any atom is -0.465 e. The Morgan fingerprint density at radius 1 is 1.48 bits per heavy atom. The SMILES string of the molecule is C#CCSCCOC(=O)C1CC(=O)N(c2ccccc2CC)C1. The molecule has 1 saturated heterocycles. The van der Waals surface area contributed by atoms with Crippen molar-refractivity contribution in [3.05, 3.63) is 29.8 Å². The quantitative estimate of drug-likeness (QED) is 0.437. The minimum absolute atomic E-state index is 0.0189. The first kappa shape index (κ1) is 17.4. The molecule has 1 atom stereocenters. The number of hydrogen-bond donors (Lipinski definition) is 0. The highest BCUT2D eigenvalue weighted by atomic mass is 32.2. The normalized spacial score (nSPS) is 17.1. The van der Waals surface area contributed by atoms with Gasteiger partial charge in [0.05, 0.1) is 11.7 Å². The lowest BCUT2D eigenvalue weighted by molar-refractivity contribution is -0.147. The van der Waals surface area contributed by atoms with Crippen molar-refractivity contribution in [2.45, 2.75) is 19.8 Å². The zero-order valence-corrected chi connectivity index (χ0v) is 14.1. The molecule has 1 aromatic rings. The Bertz CT molecular complexity index is 609. The van der Waals surface area contributed by atoms with E-state index in [1.54, 1.807) is 16.7 Å². The lowest BCUT2D eigenvalue weighted by Gasteiger charge is -2.19. The highest BCUT2D eigenvalue weighted by Gasteiger charge is 2.36. The van der Waals surface area contributed by atoms with Crippen LogP contribution in [0.4, 0.5) is 5.69 Å². The number of para-hydroxylation sites is 1. The van der Waals surface area contributed by atoms with Crippen LogP contribution < -0.4 is 4.90 Å². The number of carbonyl (C=O) groups is 2. The number of anilines is 1. The molecule has 0 saturated carbocycles. The van der Waals surface area contributed by atoms with E-state index in [1.807, 2.05) is 24.3 Å². The van der Waals surface area contributed by atoms with E-state index in [4.69, 9.17) is 11.2 Å². The Hall–Kier alpha value is -1.93. The van der Waals surface area contributed by atoms with Crippen molar-refractivity contribution in [2.75, 3.05) is 29.6 Å². The predicted octanol–water partition coefficient (Wildman–Crippen LogP) is 2.51. The molecule has 0 spiro atoms. The highest BCUT2D eigenvalue weighted by Crippen LogP contribution is 2.29. The third-order valence-corrected chi connectivity index (χ3v) is 4.61. The van der Waals surface area contributed by atoms with Gasteiger partial charge in [0.2, 0.25) is 5.91 Å². The van der Waals surface area contributed by atoms with Crippen molar-refractivity contribution in [3.8, 4) is 12.3 Å². The fourth-order valence-corrected chi connectivity index (χ4v) is 3.08. The Morgan fingerprint density at radius 3 is 3.00 bits per heavy atom. The molecule has 5 heteroatoms. The number of nitrogens with zero attached hydrogens (tertiary/aromatic N) is 1. The van der Waals surface area contributed by atoms with Gasteiger partial charge in [0.25, 0.3) is 0 Å². The second-order valence-electron chi connectivity index (χ2n) is 5.31. The van der Waals surface area contributed by atoms with E-state index in [0.29, 0.717) is 24.7 Å². The number of rotatable bonds is 7. The van der Waals surface area contributed by atoms with Crippen molar-refractivity contribution in [1.29, 1.82) is 0 Å². The number of aryl methyl sites for hydroxylation is 1. The number of esters is 1. The van der Waals surface area contributed by atoms with Gasteiger partial charge in [0.1, 0.15) is 6.61 Å². The Morgan fingerprint density at radius 2 is 2.26 bits per heavy atom. The van der Waals surface area contributed by atoms with Gasteiger partial charge in [-0.15, -0.1) is 18.2 Å². The topological polar surface area (TPSA) is 46.6 Å². The number of terminal acetylenes is 1. The number of carbonyl (C=O) groups excluding carboxylic acids is 2. The van der Waals surface area contributed by atoms with Crippen LogP contribution in [0.1, 0.15) is 18.9 Å². The molecule has 0 radical (unpaired) electrons. The molecule has 1 unspecified atom stereocenters. The van der Waals surface area contributed by atoms with E-state index in [1.165, 1.54) is 0 Å². The van der Waals surface area contributed by atoms with Gasteiger partial charge in [-0.3, -0.25) is 9.59 Å². The molecular formula is C18H21NO3S. The molecule has 0 N–H and O–H groups in total. The molecule has 1 heterocycles. The van der Waals surface area contributed by atoms with E-state index in [2.05, 4.69) is 12.8 Å². The first-order valence-corrected chi connectivity index (χ1v) is 8.89. The van der Waals surface area contributed by atoms with Gasteiger partial charge in [0.15, 0.2) is 0 Å². The molecule has 0 aromatic heterocycles. The third-order valence-electron chi connectivity index (χ3n) is 3.78. The van der Waals surface area contributed by atoms with Crippen LogP contribution in [0.2, 0.25) is 0 Å². The van der Waals surface area contributed by atoms with Crippen molar-refractivity contribution >= 4 is 29.3 Å². The molecule has 0 bridgehead atoms. The molecule has 1 amide bonds. The molecule has 4 nitrogen and oxygen atoms in total. The monoisotopic (exact) mass is 331 g/mol. The summed E-state index contributed by atoms with van der Waals surface area (Å²) >= 11 is 1.55. The van der Waals surface area contributed by atoms with Crippen LogP contribution in [0.25, 0.3) is 0 Å². The summed E-state index contributed by atoms with van der Waals surface area (Å²) in [6, 6.07) is 7.82. The number of amides is 1. The van der Waals surface area contributed by atoms with E-state index >= 15 is 0 Å². The predicted molar refractivity (Wildman–Crippen MR) is 93.4 cm³/mol. The van der Waals surface area contributed by atoms with Gasteiger partial charge in [-0.1, -0.05) is 31.0 Å². The number of benzene rings is 1. The number of ether oxygens (including phenoxy) is 1. The lowest BCUT2D eigenvalue weighted by Crippen LogP contribution is -2.27. The zero-order chi connectivity index (χ0) is 16.7. The van der Waals surface area contributed by atoms with Crippen LogP contribution in [0.5, 0.6) is 0 Å². The molecular weight excluding hydrogens is 310 g/mol. The van der Waals surface area contributed by atoms with Gasteiger partial charge >= 0.3 is 5.97 Å². The Balaban J connectivity index is 1.92. The molecule has 1 aliphatic rings. The smallest absolute Gasteiger partial charge is 0.311 e. The summed E-state index contributed by atoms with van der Waals surface area (Å²) in [5, 5.41) is 0. The summed E-state index contributed by atoms with van der Waals surface area (Å²) < 4.78 is 5.25. The van der Waals surface area contributed by atoms with Crippen LogP contribution in [0.3, 0.4) is 0 Å². The summed E-state index contributed by atoms with van der Waals surface area (Å²) in [6.45, 7) is 2.78. The van der Waals surface area contributed by atoms with Gasteiger partial charge in [-0.25, -0.2) is 0 Å². The fraction of sp³-hybridized carbons (Fsp3) is 0.444. The van der Waals surface area contributed by atoms with Crippen molar-refractivity contribution in [3.63, 3.8) is 0 Å². The fourth-order valence-electron chi connectivity index (χ4n) is 2.62. The second kappa shape index (κ2) is 8.64. The van der Waals surface area contributed by atoms with Gasteiger partial charge < -0.3 is 9.64 Å². The first-order valence-electron chi connectivity index (χ1n) is 7.73. The summed E-state index contributed by atoms with van der Waals surface area (Å²) in [6.07, 6.45) is 6.22. The Labute approximate surface area is 141 Å². The largest absolute Gasteiger partial charge is 0.465 e. The second-order valence-corrected chi connectivity index (χ2v) is 6.42. The average molecular weight is 331 g/mol. The van der Waals surface area contributed by atoms with Crippen molar-refractivity contribution in [2.24, 2.45) is 5.92 Å². The maximum Gasteiger partial charge on any atom is 0.311 e. The first-order chi connectivity index (χ1) is 11.2. The van der Waals surface area contributed by atoms with Crippen LogP contribution >= 0.6 is 11.8 Å². The highest BCUT2D eigenvalue weighted by molar-refractivity contribution is 7.99. The number of thioether (sulfide) groups is 1. The summed E-state index contributed by atoms with van der Waals surface area (Å²) in [7, 11) is 0. The minimum atomic E-state index is -0.384. The van der Waals surface area contributed by atoms with Gasteiger partial charge in [-0.05, 0) is 18.1 Å². The van der Waals surface area contributed by atoms with E-state index in [0.717, 1.165) is 17.7 Å². The maximum absolute atomic E-state index is 12.3. The lowest BCUT2D eigenvalue weighted by atomic mass is 10.1. The van der Waals surface area contributed by atoms with Gasteiger partial charge in [-0.2, -0.15) is 0 Å². The van der Waals surface area contributed by atoms with E-state index < -0.39 is 0 Å². The van der Waals surface area contributed by atoms with Crippen LogP contribution in [-0.4, -0.2) is 36.5 Å². The van der Waals surface area contributed by atoms with Crippen LogP contribution in [0, 0.1) is 18.3 Å².